The van der Waals surface area contributed by atoms with E-state index < -0.39 is 0 Å². The van der Waals surface area contributed by atoms with Crippen LogP contribution in [0, 0.1) is 0 Å². The van der Waals surface area contributed by atoms with Gasteiger partial charge in [0.05, 0.1) is 28.5 Å². The molecule has 0 radical (unpaired) electrons. The number of para-hydroxylation sites is 1. The molecule has 112 valence electrons. The van der Waals surface area contributed by atoms with Crippen LogP contribution in [0.25, 0.3) is 10.2 Å². The fourth-order valence-electron chi connectivity index (χ4n) is 3.59. The average molecular weight is 303 g/mol. The summed E-state index contributed by atoms with van der Waals surface area (Å²) in [6.45, 7) is 7.19. The van der Waals surface area contributed by atoms with Crippen molar-refractivity contribution in [2.45, 2.75) is 31.6 Å². The van der Waals surface area contributed by atoms with E-state index in [0.29, 0.717) is 6.10 Å². The number of thiazole rings is 1. The van der Waals surface area contributed by atoms with Gasteiger partial charge in [-0.2, -0.15) is 0 Å². The summed E-state index contributed by atoms with van der Waals surface area (Å²) in [5.74, 6) is 0. The number of nitrogens with one attached hydrogen (secondary N) is 1. The first-order chi connectivity index (χ1) is 10.2. The average Bonchev–Trinajstić information content (AvgIpc) is 3.04. The molecule has 4 rings (SSSR count). The molecule has 0 aliphatic carbocycles. The Morgan fingerprint density at radius 2 is 2.38 bits per heavy atom. The van der Waals surface area contributed by atoms with Crippen molar-refractivity contribution in [3.05, 3.63) is 29.3 Å². The van der Waals surface area contributed by atoms with Gasteiger partial charge >= 0.3 is 0 Å². The lowest BCUT2D eigenvalue weighted by atomic mass is 9.99. The molecule has 5 heteroatoms. The highest BCUT2D eigenvalue weighted by Crippen LogP contribution is 2.30. The second-order valence-corrected chi connectivity index (χ2v) is 7.40. The fraction of sp³-hybridized carbons (Fsp3) is 0.562. The standard InChI is InChI=1S/C16H21N3OS/c1-12-8-19(11-16(20-12)6-7-17-10-16)9-15-18-13-4-2-3-5-14(13)21-15/h2-5,12,17H,6-11H2,1H3. The second-order valence-electron chi connectivity index (χ2n) is 6.28. The Hall–Kier alpha value is -1.01. The molecule has 0 amide bonds. The minimum absolute atomic E-state index is 0.0222. The Kier molecular flexibility index (Phi) is 3.46. The van der Waals surface area contributed by atoms with Crippen molar-refractivity contribution >= 4 is 21.6 Å². The number of hydrogen-bond donors (Lipinski definition) is 1. The Balaban J connectivity index is 1.52. The third kappa shape index (κ3) is 2.71. The maximum absolute atomic E-state index is 6.24. The number of fused-ring (bicyclic) bond motifs is 1. The first-order valence-electron chi connectivity index (χ1n) is 7.68. The molecule has 1 aromatic carbocycles. The first kappa shape index (κ1) is 13.6. The van der Waals surface area contributed by atoms with Crippen LogP contribution in [0.2, 0.25) is 0 Å². The summed E-state index contributed by atoms with van der Waals surface area (Å²) in [5, 5.41) is 4.66. The van der Waals surface area contributed by atoms with Crippen molar-refractivity contribution in [2.75, 3.05) is 26.2 Å². The van der Waals surface area contributed by atoms with E-state index in [9.17, 15) is 0 Å². The summed E-state index contributed by atoms with van der Waals surface area (Å²) in [6.07, 6.45) is 1.42. The number of morpholine rings is 1. The van der Waals surface area contributed by atoms with Gasteiger partial charge in [0.1, 0.15) is 5.01 Å². The first-order valence-corrected chi connectivity index (χ1v) is 8.49. The topological polar surface area (TPSA) is 37.4 Å². The number of benzene rings is 1. The predicted molar refractivity (Wildman–Crippen MR) is 85.7 cm³/mol. The maximum Gasteiger partial charge on any atom is 0.108 e. The monoisotopic (exact) mass is 303 g/mol. The predicted octanol–water partition coefficient (Wildman–Crippen LogP) is 2.25. The second kappa shape index (κ2) is 5.32. The normalized spacial score (nSPS) is 30.4. The Morgan fingerprint density at radius 3 is 3.19 bits per heavy atom. The van der Waals surface area contributed by atoms with E-state index in [0.717, 1.165) is 44.7 Å². The van der Waals surface area contributed by atoms with E-state index in [4.69, 9.17) is 9.72 Å². The van der Waals surface area contributed by atoms with Gasteiger partial charge in [-0.1, -0.05) is 12.1 Å². The van der Waals surface area contributed by atoms with Gasteiger partial charge in [-0.05, 0) is 32.0 Å². The molecule has 1 aromatic heterocycles. The van der Waals surface area contributed by atoms with Gasteiger partial charge in [-0.3, -0.25) is 4.90 Å². The van der Waals surface area contributed by atoms with Gasteiger partial charge in [-0.25, -0.2) is 4.98 Å². The summed E-state index contributed by atoms with van der Waals surface area (Å²) in [6, 6.07) is 8.39. The van der Waals surface area contributed by atoms with E-state index in [1.54, 1.807) is 0 Å². The molecular weight excluding hydrogens is 282 g/mol. The highest BCUT2D eigenvalue weighted by molar-refractivity contribution is 7.18. The zero-order valence-corrected chi connectivity index (χ0v) is 13.2. The Labute approximate surface area is 129 Å². The molecule has 4 nitrogen and oxygen atoms in total. The molecule has 3 heterocycles. The highest BCUT2D eigenvalue weighted by atomic mass is 32.1. The third-order valence-electron chi connectivity index (χ3n) is 4.38. The third-order valence-corrected chi connectivity index (χ3v) is 5.40. The van der Waals surface area contributed by atoms with Crippen LogP contribution in [0.1, 0.15) is 18.4 Å². The lowest BCUT2D eigenvalue weighted by molar-refractivity contribution is -0.139. The largest absolute Gasteiger partial charge is 0.368 e. The van der Waals surface area contributed by atoms with Crippen LogP contribution >= 0.6 is 11.3 Å². The Morgan fingerprint density at radius 1 is 1.48 bits per heavy atom. The molecule has 1 spiro atoms. The van der Waals surface area contributed by atoms with Gasteiger partial charge in [0.2, 0.25) is 0 Å². The van der Waals surface area contributed by atoms with Crippen LogP contribution in [0.5, 0.6) is 0 Å². The lowest BCUT2D eigenvalue weighted by Crippen LogP contribution is -2.55. The van der Waals surface area contributed by atoms with Crippen LogP contribution in [-0.2, 0) is 11.3 Å². The quantitative estimate of drug-likeness (QED) is 0.923. The summed E-state index contributed by atoms with van der Waals surface area (Å²) in [7, 11) is 0. The van der Waals surface area contributed by atoms with E-state index in [1.165, 1.54) is 9.71 Å². The zero-order chi connectivity index (χ0) is 14.3. The Bertz CT molecular complexity index is 602. The van der Waals surface area contributed by atoms with E-state index in [2.05, 4.69) is 41.4 Å². The van der Waals surface area contributed by atoms with Crippen molar-refractivity contribution in [1.82, 2.24) is 15.2 Å². The number of nitrogens with zero attached hydrogens (tertiary/aromatic N) is 2. The van der Waals surface area contributed by atoms with Crippen LogP contribution in [0.3, 0.4) is 0 Å². The highest BCUT2D eigenvalue weighted by Gasteiger charge is 2.41. The maximum atomic E-state index is 6.24. The van der Waals surface area contributed by atoms with E-state index >= 15 is 0 Å². The molecule has 1 N–H and O–H groups in total. The SMILES string of the molecule is CC1CN(Cc2nc3ccccc3s2)CC2(CCNC2)O1. The molecule has 2 fully saturated rings. The zero-order valence-electron chi connectivity index (χ0n) is 12.3. The number of hydrogen-bond acceptors (Lipinski definition) is 5. The summed E-state index contributed by atoms with van der Waals surface area (Å²) >= 11 is 1.81. The molecule has 0 saturated carbocycles. The molecule has 0 bridgehead atoms. The van der Waals surface area contributed by atoms with Gasteiger partial charge < -0.3 is 10.1 Å². The van der Waals surface area contributed by atoms with Crippen LogP contribution in [0.4, 0.5) is 0 Å². The van der Waals surface area contributed by atoms with Crippen molar-refractivity contribution in [3.8, 4) is 0 Å². The van der Waals surface area contributed by atoms with Crippen molar-refractivity contribution in [1.29, 1.82) is 0 Å². The summed E-state index contributed by atoms with van der Waals surface area (Å²) < 4.78 is 7.52. The number of ether oxygens (including phenoxy) is 1. The summed E-state index contributed by atoms with van der Waals surface area (Å²) in [4.78, 5) is 7.28. The number of rotatable bonds is 2. The summed E-state index contributed by atoms with van der Waals surface area (Å²) in [5.41, 5.74) is 1.14. The van der Waals surface area contributed by atoms with Gasteiger partial charge in [0, 0.05) is 19.6 Å². The minimum atomic E-state index is 0.0222. The molecule has 2 unspecified atom stereocenters. The van der Waals surface area contributed by atoms with Crippen LogP contribution in [0.15, 0.2) is 24.3 Å². The van der Waals surface area contributed by atoms with Gasteiger partial charge in [-0.15, -0.1) is 11.3 Å². The molecule has 2 saturated heterocycles. The van der Waals surface area contributed by atoms with Crippen LogP contribution in [-0.4, -0.2) is 47.8 Å². The molecular formula is C16H21N3OS. The number of aromatic nitrogens is 1. The minimum Gasteiger partial charge on any atom is -0.368 e. The van der Waals surface area contributed by atoms with Crippen molar-refractivity contribution < 1.29 is 4.74 Å². The van der Waals surface area contributed by atoms with E-state index in [1.807, 2.05) is 11.3 Å². The molecule has 21 heavy (non-hydrogen) atoms. The van der Waals surface area contributed by atoms with Gasteiger partial charge in [0.15, 0.2) is 0 Å². The lowest BCUT2D eigenvalue weighted by Gasteiger charge is -2.43. The molecule has 2 aliphatic heterocycles. The van der Waals surface area contributed by atoms with Crippen molar-refractivity contribution in [3.63, 3.8) is 0 Å². The van der Waals surface area contributed by atoms with E-state index in [-0.39, 0.29) is 5.60 Å². The van der Waals surface area contributed by atoms with Crippen molar-refractivity contribution in [2.24, 2.45) is 0 Å². The van der Waals surface area contributed by atoms with Gasteiger partial charge in [0.25, 0.3) is 0 Å². The fourth-order valence-corrected chi connectivity index (χ4v) is 4.60. The smallest absolute Gasteiger partial charge is 0.108 e. The van der Waals surface area contributed by atoms with Crippen LogP contribution < -0.4 is 5.32 Å². The molecule has 2 aliphatic rings. The molecule has 2 atom stereocenters. The molecule has 2 aromatic rings.